The molecule has 1 N–H and O–H groups in total. The zero-order valence-electron chi connectivity index (χ0n) is 14.5. The number of anilines is 1. The molecular weight excluding hydrogens is 334 g/mol. The van der Waals surface area contributed by atoms with Gasteiger partial charge < -0.3 is 14.8 Å². The first-order valence-electron chi connectivity index (χ1n) is 7.87. The van der Waals surface area contributed by atoms with Crippen molar-refractivity contribution in [1.82, 2.24) is 0 Å². The quantitative estimate of drug-likeness (QED) is 0.470. The van der Waals surface area contributed by atoms with Gasteiger partial charge in [0.2, 0.25) is 0 Å². The predicted molar refractivity (Wildman–Crippen MR) is 98.1 cm³/mol. The molecule has 0 aliphatic heterocycles. The maximum atomic E-state index is 11.8. The molecule has 0 radical (unpaired) electrons. The number of ketones is 1. The number of hydrogen-bond acceptors (Lipinski definition) is 5. The van der Waals surface area contributed by atoms with Crippen molar-refractivity contribution in [1.29, 1.82) is 0 Å². The van der Waals surface area contributed by atoms with E-state index >= 15 is 0 Å². The molecular formula is C20H19NO5. The van der Waals surface area contributed by atoms with Crippen molar-refractivity contribution in [2.75, 3.05) is 19.0 Å². The van der Waals surface area contributed by atoms with Gasteiger partial charge in [0.05, 0.1) is 7.11 Å². The zero-order valence-corrected chi connectivity index (χ0v) is 14.5. The summed E-state index contributed by atoms with van der Waals surface area (Å²) in [5.74, 6) is -0.478. The molecule has 0 aliphatic rings. The van der Waals surface area contributed by atoms with Gasteiger partial charge in [0.1, 0.15) is 5.75 Å². The van der Waals surface area contributed by atoms with Crippen molar-refractivity contribution in [2.45, 2.75) is 6.92 Å². The maximum Gasteiger partial charge on any atom is 0.331 e. The molecule has 0 unspecified atom stereocenters. The van der Waals surface area contributed by atoms with E-state index in [9.17, 15) is 14.4 Å². The minimum Gasteiger partial charge on any atom is -0.497 e. The molecule has 0 atom stereocenters. The molecule has 6 nitrogen and oxygen atoms in total. The molecule has 0 aliphatic carbocycles. The third-order valence-electron chi connectivity index (χ3n) is 3.43. The van der Waals surface area contributed by atoms with E-state index in [1.807, 2.05) is 6.07 Å². The second-order valence-corrected chi connectivity index (χ2v) is 5.40. The second kappa shape index (κ2) is 9.17. The minimum atomic E-state index is -0.630. The van der Waals surface area contributed by atoms with E-state index in [1.165, 1.54) is 13.0 Å². The van der Waals surface area contributed by atoms with Crippen LogP contribution in [0.4, 0.5) is 5.69 Å². The Hall–Kier alpha value is -3.41. The number of carbonyl (C=O) groups is 3. The van der Waals surface area contributed by atoms with E-state index in [0.717, 1.165) is 5.56 Å². The molecule has 0 spiro atoms. The van der Waals surface area contributed by atoms with Crippen molar-refractivity contribution in [3.8, 4) is 5.75 Å². The van der Waals surface area contributed by atoms with Gasteiger partial charge in [-0.3, -0.25) is 9.59 Å². The van der Waals surface area contributed by atoms with Gasteiger partial charge in [-0.2, -0.15) is 0 Å². The van der Waals surface area contributed by atoms with Crippen molar-refractivity contribution in [3.63, 3.8) is 0 Å². The molecule has 2 aromatic carbocycles. The number of esters is 1. The van der Waals surface area contributed by atoms with E-state index in [1.54, 1.807) is 55.7 Å². The Morgan fingerprint density at radius 3 is 2.46 bits per heavy atom. The van der Waals surface area contributed by atoms with Crippen molar-refractivity contribution in [2.24, 2.45) is 0 Å². The Bertz CT molecular complexity index is 824. The Kier molecular flexibility index (Phi) is 6.68. The summed E-state index contributed by atoms with van der Waals surface area (Å²) >= 11 is 0. The van der Waals surface area contributed by atoms with Crippen LogP contribution in [0.2, 0.25) is 0 Å². The summed E-state index contributed by atoms with van der Waals surface area (Å²) < 4.78 is 9.99. The normalized spacial score (nSPS) is 10.4. The van der Waals surface area contributed by atoms with E-state index in [2.05, 4.69) is 5.32 Å². The van der Waals surface area contributed by atoms with Gasteiger partial charge >= 0.3 is 5.97 Å². The van der Waals surface area contributed by atoms with Crippen molar-refractivity contribution < 1.29 is 23.9 Å². The molecule has 2 rings (SSSR count). The lowest BCUT2D eigenvalue weighted by atomic mass is 10.1. The molecule has 1 amide bonds. The van der Waals surface area contributed by atoms with Gasteiger partial charge in [0.25, 0.3) is 5.91 Å². The van der Waals surface area contributed by atoms with Gasteiger partial charge in [-0.05, 0) is 55.0 Å². The monoisotopic (exact) mass is 353 g/mol. The third kappa shape index (κ3) is 5.90. The van der Waals surface area contributed by atoms with E-state index in [0.29, 0.717) is 17.0 Å². The number of nitrogens with one attached hydrogen (secondary N) is 1. The molecule has 26 heavy (non-hydrogen) atoms. The minimum absolute atomic E-state index is 0.0559. The maximum absolute atomic E-state index is 11.8. The van der Waals surface area contributed by atoms with Crippen LogP contribution >= 0.6 is 0 Å². The summed E-state index contributed by atoms with van der Waals surface area (Å²) in [6.07, 6.45) is 2.81. The molecule has 0 saturated heterocycles. The van der Waals surface area contributed by atoms with Gasteiger partial charge in [0.15, 0.2) is 12.4 Å². The van der Waals surface area contributed by atoms with Crippen LogP contribution in [0, 0.1) is 0 Å². The largest absolute Gasteiger partial charge is 0.497 e. The predicted octanol–water partition coefficient (Wildman–Crippen LogP) is 3.09. The van der Waals surface area contributed by atoms with Crippen LogP contribution < -0.4 is 10.1 Å². The highest BCUT2D eigenvalue weighted by Crippen LogP contribution is 2.13. The highest BCUT2D eigenvalue weighted by Gasteiger charge is 2.06. The summed E-state index contributed by atoms with van der Waals surface area (Å²) in [7, 11) is 1.56. The van der Waals surface area contributed by atoms with Crippen molar-refractivity contribution >= 4 is 29.4 Å². The third-order valence-corrected chi connectivity index (χ3v) is 3.43. The summed E-state index contributed by atoms with van der Waals surface area (Å²) in [6, 6.07) is 13.6. The number of carbonyl (C=O) groups excluding carboxylic acids is 3. The Morgan fingerprint density at radius 1 is 1.08 bits per heavy atom. The highest BCUT2D eigenvalue weighted by atomic mass is 16.5. The summed E-state index contributed by atoms with van der Waals surface area (Å²) in [5, 5.41) is 2.58. The van der Waals surface area contributed by atoms with Crippen LogP contribution in [0.1, 0.15) is 22.8 Å². The highest BCUT2D eigenvalue weighted by molar-refractivity contribution is 5.96. The Labute approximate surface area is 151 Å². The second-order valence-electron chi connectivity index (χ2n) is 5.40. The average molecular weight is 353 g/mol. The number of ether oxygens (including phenoxy) is 2. The molecule has 134 valence electrons. The van der Waals surface area contributed by atoms with E-state index in [4.69, 9.17) is 9.47 Å². The van der Waals surface area contributed by atoms with Crippen LogP contribution in [-0.2, 0) is 14.3 Å². The van der Waals surface area contributed by atoms with Crippen LogP contribution in [-0.4, -0.2) is 31.4 Å². The standard InChI is InChI=1S/C20H19NO5/c1-14(22)16-7-9-17(10-8-16)21-19(23)13-26-20(24)11-6-15-4-3-5-18(12-15)25-2/h3-12H,13H2,1-2H3,(H,21,23)/b11-6+. The van der Waals surface area contributed by atoms with Crippen LogP contribution in [0.5, 0.6) is 5.75 Å². The van der Waals surface area contributed by atoms with E-state index < -0.39 is 18.5 Å². The lowest BCUT2D eigenvalue weighted by Gasteiger charge is -2.06. The van der Waals surface area contributed by atoms with Gasteiger partial charge in [-0.25, -0.2) is 4.79 Å². The number of hydrogen-bond donors (Lipinski definition) is 1. The lowest BCUT2D eigenvalue weighted by Crippen LogP contribution is -2.20. The lowest BCUT2D eigenvalue weighted by molar-refractivity contribution is -0.142. The van der Waals surface area contributed by atoms with Crippen LogP contribution in [0.3, 0.4) is 0 Å². The summed E-state index contributed by atoms with van der Waals surface area (Å²) in [6.45, 7) is 1.06. The smallest absolute Gasteiger partial charge is 0.331 e. The summed E-state index contributed by atoms with van der Waals surface area (Å²) in [5.41, 5.74) is 1.84. The fourth-order valence-corrected chi connectivity index (χ4v) is 2.08. The van der Waals surface area contributed by atoms with Crippen LogP contribution in [0.15, 0.2) is 54.6 Å². The molecule has 6 heteroatoms. The Balaban J connectivity index is 1.81. The average Bonchev–Trinajstić information content (AvgIpc) is 2.65. The fourth-order valence-electron chi connectivity index (χ4n) is 2.08. The first-order chi connectivity index (χ1) is 12.5. The summed E-state index contributed by atoms with van der Waals surface area (Å²) in [4.78, 5) is 34.7. The molecule has 0 fully saturated rings. The van der Waals surface area contributed by atoms with Crippen molar-refractivity contribution in [3.05, 3.63) is 65.7 Å². The first-order valence-corrected chi connectivity index (χ1v) is 7.87. The number of amides is 1. The fraction of sp³-hybridized carbons (Fsp3) is 0.150. The number of Topliss-reactive ketones (excluding diaryl/α,β-unsaturated/α-hetero) is 1. The van der Waals surface area contributed by atoms with Gasteiger partial charge in [-0.15, -0.1) is 0 Å². The molecule has 0 saturated carbocycles. The van der Waals surface area contributed by atoms with Gasteiger partial charge in [0, 0.05) is 17.3 Å². The number of methoxy groups -OCH3 is 1. The first kappa shape index (κ1) is 18.9. The van der Waals surface area contributed by atoms with Crippen LogP contribution in [0.25, 0.3) is 6.08 Å². The molecule has 0 heterocycles. The zero-order chi connectivity index (χ0) is 18.9. The SMILES string of the molecule is COc1cccc(/C=C/C(=O)OCC(=O)Nc2ccc(C(C)=O)cc2)c1. The molecule has 2 aromatic rings. The van der Waals surface area contributed by atoms with Gasteiger partial charge in [-0.1, -0.05) is 12.1 Å². The number of rotatable bonds is 7. The molecule has 0 aromatic heterocycles. The number of benzene rings is 2. The topological polar surface area (TPSA) is 81.7 Å². The molecule has 0 bridgehead atoms. The Morgan fingerprint density at radius 2 is 1.81 bits per heavy atom. The van der Waals surface area contributed by atoms with E-state index in [-0.39, 0.29) is 5.78 Å².